The van der Waals surface area contributed by atoms with Crippen LogP contribution in [0.25, 0.3) is 0 Å². The highest BCUT2D eigenvalue weighted by Crippen LogP contribution is 2.49. The summed E-state index contributed by atoms with van der Waals surface area (Å²) in [5, 5.41) is 0. The zero-order chi connectivity index (χ0) is 27.9. The molecule has 0 radical (unpaired) electrons. The average molecular weight is 543 g/mol. The second-order valence-corrected chi connectivity index (χ2v) is 11.1. The van der Waals surface area contributed by atoms with Crippen LogP contribution in [0.1, 0.15) is 99.0 Å². The molecule has 4 atom stereocenters. The van der Waals surface area contributed by atoms with E-state index in [9.17, 15) is 13.6 Å². The maximum Gasteiger partial charge on any atom is 0.343 e. The lowest BCUT2D eigenvalue weighted by molar-refractivity contribution is 0.0732. The van der Waals surface area contributed by atoms with E-state index in [1.54, 1.807) is 12.2 Å². The smallest absolute Gasteiger partial charge is 0.343 e. The predicted molar refractivity (Wildman–Crippen MR) is 146 cm³/mol. The van der Waals surface area contributed by atoms with Crippen molar-refractivity contribution in [2.45, 2.75) is 84.0 Å². The monoisotopic (exact) mass is 542 g/mol. The zero-order valence-corrected chi connectivity index (χ0v) is 22.8. The minimum Gasteiger partial charge on any atom is -0.423 e. The van der Waals surface area contributed by atoms with E-state index in [0.717, 1.165) is 62.3 Å². The van der Waals surface area contributed by atoms with Gasteiger partial charge in [0.2, 0.25) is 0 Å². The fourth-order valence-electron chi connectivity index (χ4n) is 6.54. The molecule has 0 spiro atoms. The molecule has 0 aromatic heterocycles. The number of benzene rings is 2. The van der Waals surface area contributed by atoms with Crippen LogP contribution in [0.5, 0.6) is 5.75 Å². The Morgan fingerprint density at radius 1 is 0.821 bits per heavy atom. The third-order valence-corrected chi connectivity index (χ3v) is 8.54. The van der Waals surface area contributed by atoms with E-state index < -0.39 is 29.2 Å². The van der Waals surface area contributed by atoms with Gasteiger partial charge < -0.3 is 4.74 Å². The van der Waals surface area contributed by atoms with E-state index in [1.807, 2.05) is 13.8 Å². The van der Waals surface area contributed by atoms with Crippen LogP contribution >= 0.6 is 0 Å². The SMILES string of the molecule is C/C=C/CCc1c(F)cc(OC(=O)c2cc(F)c(C3CCC4CC(CC/C=C/C)CCC4C3)c(F)c2)cc1F. The number of hydrogen-bond donors (Lipinski definition) is 0. The quantitative estimate of drug-likeness (QED) is 0.136. The summed E-state index contributed by atoms with van der Waals surface area (Å²) in [7, 11) is 0. The van der Waals surface area contributed by atoms with Crippen LogP contribution in [-0.4, -0.2) is 5.97 Å². The Labute approximate surface area is 229 Å². The predicted octanol–water partition coefficient (Wildman–Crippen LogP) is 9.63. The van der Waals surface area contributed by atoms with Gasteiger partial charge in [0.1, 0.15) is 29.0 Å². The first-order valence-electron chi connectivity index (χ1n) is 14.2. The number of hydrogen-bond acceptors (Lipinski definition) is 2. The maximum atomic E-state index is 15.2. The van der Waals surface area contributed by atoms with Gasteiger partial charge in [-0.2, -0.15) is 0 Å². The van der Waals surface area contributed by atoms with Gasteiger partial charge in [0.05, 0.1) is 5.56 Å². The van der Waals surface area contributed by atoms with Gasteiger partial charge in [0, 0.05) is 23.3 Å². The molecule has 4 unspecified atom stereocenters. The first-order chi connectivity index (χ1) is 18.8. The summed E-state index contributed by atoms with van der Waals surface area (Å²) in [6.07, 6.45) is 16.7. The van der Waals surface area contributed by atoms with E-state index in [1.165, 1.54) is 19.3 Å². The molecule has 2 nitrogen and oxygen atoms in total. The van der Waals surface area contributed by atoms with Crippen molar-refractivity contribution in [3.05, 3.63) is 88.5 Å². The van der Waals surface area contributed by atoms with Crippen molar-refractivity contribution in [2.24, 2.45) is 17.8 Å². The molecule has 0 heterocycles. The number of ether oxygens (including phenoxy) is 1. The molecular formula is C33H38F4O2. The highest BCUT2D eigenvalue weighted by molar-refractivity contribution is 5.91. The summed E-state index contributed by atoms with van der Waals surface area (Å²) in [5.41, 5.74) is -0.406. The average Bonchev–Trinajstić information content (AvgIpc) is 2.90. The lowest BCUT2D eigenvalue weighted by Gasteiger charge is -2.42. The molecule has 2 aliphatic carbocycles. The van der Waals surface area contributed by atoms with Crippen LogP contribution in [0.2, 0.25) is 0 Å². The summed E-state index contributed by atoms with van der Waals surface area (Å²) in [4.78, 5) is 12.6. The summed E-state index contributed by atoms with van der Waals surface area (Å²) in [6, 6.07) is 3.79. The molecule has 0 saturated heterocycles. The number of carbonyl (C=O) groups is 1. The highest BCUT2D eigenvalue weighted by Gasteiger charge is 2.37. The third-order valence-electron chi connectivity index (χ3n) is 8.54. The fraction of sp³-hybridized carbons (Fsp3) is 0.485. The largest absolute Gasteiger partial charge is 0.423 e. The molecule has 2 aliphatic rings. The van der Waals surface area contributed by atoms with Crippen LogP contribution in [0.3, 0.4) is 0 Å². The molecule has 2 aromatic carbocycles. The van der Waals surface area contributed by atoms with Crippen molar-refractivity contribution in [1.29, 1.82) is 0 Å². The summed E-state index contributed by atoms with van der Waals surface area (Å²) in [6.45, 7) is 3.86. The molecule has 0 amide bonds. The number of halogens is 4. The minimum atomic E-state index is -1.07. The molecule has 0 aliphatic heterocycles. The van der Waals surface area contributed by atoms with Gasteiger partial charge in [-0.05, 0) is 107 Å². The van der Waals surface area contributed by atoms with E-state index in [-0.39, 0.29) is 34.8 Å². The highest BCUT2D eigenvalue weighted by atomic mass is 19.1. The number of carbonyl (C=O) groups excluding carboxylic acids is 1. The van der Waals surface area contributed by atoms with Crippen molar-refractivity contribution in [2.75, 3.05) is 0 Å². The summed E-state index contributed by atoms with van der Waals surface area (Å²) in [5.74, 6) is -3.06. The Morgan fingerprint density at radius 3 is 2.10 bits per heavy atom. The van der Waals surface area contributed by atoms with Crippen molar-refractivity contribution < 1.29 is 27.1 Å². The van der Waals surface area contributed by atoms with Crippen LogP contribution in [0.15, 0.2) is 48.6 Å². The van der Waals surface area contributed by atoms with Gasteiger partial charge in [0.25, 0.3) is 0 Å². The van der Waals surface area contributed by atoms with Crippen LogP contribution in [0.4, 0.5) is 17.6 Å². The second kappa shape index (κ2) is 13.5. The number of fused-ring (bicyclic) bond motifs is 1. The van der Waals surface area contributed by atoms with Crippen molar-refractivity contribution >= 4 is 5.97 Å². The first kappa shape index (κ1) is 29.1. The van der Waals surface area contributed by atoms with Gasteiger partial charge >= 0.3 is 5.97 Å². The number of rotatable bonds is 9. The fourth-order valence-corrected chi connectivity index (χ4v) is 6.54. The lowest BCUT2D eigenvalue weighted by Crippen LogP contribution is -2.31. The van der Waals surface area contributed by atoms with Crippen molar-refractivity contribution in [3.8, 4) is 5.75 Å². The molecular weight excluding hydrogens is 504 g/mol. The third kappa shape index (κ3) is 7.20. The van der Waals surface area contributed by atoms with E-state index in [0.29, 0.717) is 18.3 Å². The number of esters is 1. The van der Waals surface area contributed by atoms with Crippen LogP contribution in [0, 0.1) is 41.0 Å². The molecule has 2 saturated carbocycles. The number of allylic oxidation sites excluding steroid dienone is 4. The van der Waals surface area contributed by atoms with Crippen molar-refractivity contribution in [3.63, 3.8) is 0 Å². The van der Waals surface area contributed by atoms with E-state index in [2.05, 4.69) is 12.2 Å². The molecule has 210 valence electrons. The summed E-state index contributed by atoms with van der Waals surface area (Å²) < 4.78 is 64.3. The summed E-state index contributed by atoms with van der Waals surface area (Å²) >= 11 is 0. The molecule has 2 aromatic rings. The van der Waals surface area contributed by atoms with Gasteiger partial charge in [-0.3, -0.25) is 0 Å². The molecule has 2 fully saturated rings. The first-order valence-corrected chi connectivity index (χ1v) is 14.2. The Morgan fingerprint density at radius 2 is 1.44 bits per heavy atom. The Balaban J connectivity index is 1.41. The van der Waals surface area contributed by atoms with E-state index in [4.69, 9.17) is 4.74 Å². The molecule has 0 bridgehead atoms. The normalized spacial score (nSPS) is 23.3. The van der Waals surface area contributed by atoms with Crippen LogP contribution in [-0.2, 0) is 6.42 Å². The Bertz CT molecular complexity index is 1170. The van der Waals surface area contributed by atoms with Gasteiger partial charge in [-0.25, -0.2) is 22.4 Å². The standard InChI is InChI=1S/C33H38F4O2/c1-3-5-7-9-21-11-12-23-16-24(14-13-22(23)15-21)32-30(36)17-25(18-31(32)37)33(38)39-26-19-28(34)27(29(35)20-26)10-8-6-4-2/h3-6,17-24H,7-16H2,1-2H3/b5-3+,6-4+. The van der Waals surface area contributed by atoms with Crippen molar-refractivity contribution in [1.82, 2.24) is 0 Å². The lowest BCUT2D eigenvalue weighted by atomic mass is 9.63. The van der Waals surface area contributed by atoms with Gasteiger partial charge in [-0.15, -0.1) is 0 Å². The topological polar surface area (TPSA) is 26.3 Å². The van der Waals surface area contributed by atoms with E-state index >= 15 is 8.78 Å². The molecule has 6 heteroatoms. The minimum absolute atomic E-state index is 0.0303. The van der Waals surface area contributed by atoms with Gasteiger partial charge in [-0.1, -0.05) is 30.7 Å². The second-order valence-electron chi connectivity index (χ2n) is 11.1. The Hall–Kier alpha value is -2.89. The molecule has 4 rings (SSSR count). The maximum absolute atomic E-state index is 15.2. The van der Waals surface area contributed by atoms with Gasteiger partial charge in [0.15, 0.2) is 0 Å². The molecule has 0 N–H and O–H groups in total. The molecule has 39 heavy (non-hydrogen) atoms. The Kier molecular flexibility index (Phi) is 10.0. The zero-order valence-electron chi connectivity index (χ0n) is 22.8. The van der Waals surface area contributed by atoms with Crippen LogP contribution < -0.4 is 4.74 Å².